The molecule has 0 radical (unpaired) electrons. The van der Waals surface area contributed by atoms with E-state index in [-0.39, 0.29) is 28.7 Å². The van der Waals surface area contributed by atoms with Crippen molar-refractivity contribution in [2.24, 2.45) is 5.10 Å². The molecule has 6 nitrogen and oxygen atoms in total. The molecule has 0 N–H and O–H groups in total. The van der Waals surface area contributed by atoms with E-state index in [9.17, 15) is 26.7 Å². The standard InChI is InChI=1S/C26H15F5IN3O3/c1-12-17(26(36)35(34-12)24-22(30)20(28)19(27)21(29)23(24)31)8-15-7-16(32)9-18(37-2)25(15)38-11-14-5-3-13(10-33)4-6-14/h3-9H,11H2,1-2H3/b17-8-. The first-order chi connectivity index (χ1) is 18.1. The molecule has 1 amide bonds. The van der Waals surface area contributed by atoms with Gasteiger partial charge in [0.25, 0.3) is 5.91 Å². The topological polar surface area (TPSA) is 74.9 Å². The van der Waals surface area contributed by atoms with Crippen molar-refractivity contribution >= 4 is 46.0 Å². The van der Waals surface area contributed by atoms with E-state index in [1.807, 2.05) is 28.7 Å². The predicted octanol–water partition coefficient (Wildman–Crippen LogP) is 6.25. The molecule has 0 aliphatic carbocycles. The van der Waals surface area contributed by atoms with Gasteiger partial charge in [-0.3, -0.25) is 4.79 Å². The molecule has 0 spiro atoms. The van der Waals surface area contributed by atoms with E-state index in [4.69, 9.17) is 14.7 Å². The minimum absolute atomic E-state index is 0.0326. The minimum Gasteiger partial charge on any atom is -0.493 e. The van der Waals surface area contributed by atoms with Gasteiger partial charge in [-0.2, -0.15) is 15.4 Å². The van der Waals surface area contributed by atoms with Crippen LogP contribution in [0.3, 0.4) is 0 Å². The van der Waals surface area contributed by atoms with Crippen LogP contribution in [-0.4, -0.2) is 18.7 Å². The number of benzene rings is 3. The van der Waals surface area contributed by atoms with Gasteiger partial charge in [-0.25, -0.2) is 22.0 Å². The van der Waals surface area contributed by atoms with E-state index in [0.717, 1.165) is 5.56 Å². The molecule has 194 valence electrons. The Bertz CT molecular complexity index is 1540. The Morgan fingerprint density at radius 2 is 1.63 bits per heavy atom. The number of carbonyl (C=O) groups is 1. The number of hydrogen-bond donors (Lipinski definition) is 0. The summed E-state index contributed by atoms with van der Waals surface area (Å²) in [5.74, 6) is -11.7. The van der Waals surface area contributed by atoms with Crippen molar-refractivity contribution in [1.82, 2.24) is 0 Å². The Morgan fingerprint density at radius 1 is 1.03 bits per heavy atom. The molecule has 1 heterocycles. The maximum absolute atomic E-state index is 14.4. The third-order valence-electron chi connectivity index (χ3n) is 5.50. The largest absolute Gasteiger partial charge is 0.493 e. The minimum atomic E-state index is -2.35. The molecule has 0 saturated carbocycles. The quantitative estimate of drug-likeness (QED) is 0.105. The van der Waals surface area contributed by atoms with Crippen LogP contribution < -0.4 is 14.5 Å². The number of nitrogens with zero attached hydrogens (tertiary/aromatic N) is 3. The molecular formula is C26H15F5IN3O3. The average molecular weight is 639 g/mol. The normalized spacial score (nSPS) is 14.1. The van der Waals surface area contributed by atoms with Gasteiger partial charge in [0.15, 0.2) is 34.8 Å². The van der Waals surface area contributed by atoms with Crippen molar-refractivity contribution < 1.29 is 36.2 Å². The van der Waals surface area contributed by atoms with E-state index < -0.39 is 40.7 Å². The average Bonchev–Trinajstić information content (AvgIpc) is 3.18. The summed E-state index contributed by atoms with van der Waals surface area (Å²) < 4.78 is 81.8. The van der Waals surface area contributed by atoms with Crippen molar-refractivity contribution in [3.05, 3.63) is 91.3 Å². The Balaban J connectivity index is 1.74. The zero-order chi connectivity index (χ0) is 27.7. The molecule has 0 atom stereocenters. The molecule has 38 heavy (non-hydrogen) atoms. The summed E-state index contributed by atoms with van der Waals surface area (Å²) in [4.78, 5) is 13.1. The van der Waals surface area contributed by atoms with Gasteiger partial charge in [-0.05, 0) is 65.4 Å². The second-order valence-corrected chi connectivity index (χ2v) is 9.15. The molecule has 1 aliphatic heterocycles. The highest BCUT2D eigenvalue weighted by molar-refractivity contribution is 14.1. The van der Waals surface area contributed by atoms with Gasteiger partial charge < -0.3 is 9.47 Å². The Hall–Kier alpha value is -3.99. The van der Waals surface area contributed by atoms with Crippen LogP contribution in [0.5, 0.6) is 11.5 Å². The number of carbonyl (C=O) groups excluding carboxylic acids is 1. The number of nitriles is 1. The van der Waals surface area contributed by atoms with Crippen LogP contribution in [0.25, 0.3) is 6.08 Å². The third-order valence-corrected chi connectivity index (χ3v) is 6.12. The van der Waals surface area contributed by atoms with Crippen LogP contribution in [-0.2, 0) is 11.4 Å². The van der Waals surface area contributed by atoms with Crippen molar-refractivity contribution in [1.29, 1.82) is 5.26 Å². The zero-order valence-electron chi connectivity index (χ0n) is 19.6. The summed E-state index contributed by atoms with van der Waals surface area (Å²) in [5, 5.41) is 12.9. The first-order valence-corrected chi connectivity index (χ1v) is 11.8. The van der Waals surface area contributed by atoms with E-state index >= 15 is 0 Å². The number of hydrazone groups is 1. The van der Waals surface area contributed by atoms with Gasteiger partial charge in [0.1, 0.15) is 12.3 Å². The van der Waals surface area contributed by atoms with Crippen molar-refractivity contribution in [2.45, 2.75) is 13.5 Å². The predicted molar refractivity (Wildman–Crippen MR) is 136 cm³/mol. The lowest BCUT2D eigenvalue weighted by molar-refractivity contribution is -0.114. The maximum Gasteiger partial charge on any atom is 0.280 e. The molecule has 1 aliphatic rings. The first-order valence-electron chi connectivity index (χ1n) is 10.7. The molecule has 0 bridgehead atoms. The van der Waals surface area contributed by atoms with Crippen LogP contribution in [0.2, 0.25) is 0 Å². The number of amides is 1. The molecule has 0 unspecified atom stereocenters. The molecule has 3 aromatic rings. The number of anilines is 1. The van der Waals surface area contributed by atoms with Gasteiger partial charge in [0, 0.05) is 9.13 Å². The number of ether oxygens (including phenoxy) is 2. The lowest BCUT2D eigenvalue weighted by Crippen LogP contribution is -2.25. The molecule has 0 fully saturated rings. The van der Waals surface area contributed by atoms with Crippen LogP contribution >= 0.6 is 22.6 Å². The zero-order valence-corrected chi connectivity index (χ0v) is 21.7. The summed E-state index contributed by atoms with van der Waals surface area (Å²) in [6, 6.07) is 12.0. The summed E-state index contributed by atoms with van der Waals surface area (Å²) >= 11 is 2.01. The Labute approximate surface area is 226 Å². The van der Waals surface area contributed by atoms with Gasteiger partial charge in [-0.1, -0.05) is 12.1 Å². The van der Waals surface area contributed by atoms with Crippen LogP contribution in [0.1, 0.15) is 23.6 Å². The van der Waals surface area contributed by atoms with Crippen LogP contribution in [0.4, 0.5) is 27.6 Å². The number of halogens is 6. The number of methoxy groups -OCH3 is 1. The van der Waals surface area contributed by atoms with Crippen molar-refractivity contribution in [3.63, 3.8) is 0 Å². The van der Waals surface area contributed by atoms with E-state index in [1.165, 1.54) is 20.1 Å². The fourth-order valence-corrected chi connectivity index (χ4v) is 4.22. The highest BCUT2D eigenvalue weighted by Crippen LogP contribution is 2.38. The SMILES string of the molecule is COc1cc(I)cc(/C=C2\C(=O)N(c3c(F)c(F)c(F)c(F)c3F)N=C2C)c1OCc1ccc(C#N)cc1. The molecule has 3 aromatic carbocycles. The van der Waals surface area contributed by atoms with Gasteiger partial charge >= 0.3 is 0 Å². The number of rotatable bonds is 6. The molecule has 0 aromatic heterocycles. The molecule has 4 rings (SSSR count). The summed E-state index contributed by atoms with van der Waals surface area (Å²) in [6.45, 7) is 1.41. The van der Waals surface area contributed by atoms with Gasteiger partial charge in [0.2, 0.25) is 5.82 Å². The fraction of sp³-hybridized carbons (Fsp3) is 0.115. The summed E-state index contributed by atoms with van der Waals surface area (Å²) in [7, 11) is 1.41. The molecule has 0 saturated heterocycles. The maximum atomic E-state index is 14.4. The summed E-state index contributed by atoms with van der Waals surface area (Å²) in [6.07, 6.45) is 1.33. The fourth-order valence-electron chi connectivity index (χ4n) is 3.60. The first kappa shape index (κ1) is 27.1. The Kier molecular flexibility index (Phi) is 7.68. The Morgan fingerprint density at radius 3 is 2.21 bits per heavy atom. The lowest BCUT2D eigenvalue weighted by atomic mass is 10.1. The highest BCUT2D eigenvalue weighted by Gasteiger charge is 2.37. The third kappa shape index (κ3) is 4.93. The monoisotopic (exact) mass is 639 g/mol. The van der Waals surface area contributed by atoms with Crippen LogP contribution in [0, 0.1) is 44.0 Å². The molecular weight excluding hydrogens is 624 g/mol. The van der Waals surface area contributed by atoms with E-state index in [2.05, 4.69) is 5.10 Å². The molecule has 12 heteroatoms. The van der Waals surface area contributed by atoms with Gasteiger partial charge in [0.05, 0.1) is 30.0 Å². The van der Waals surface area contributed by atoms with E-state index in [1.54, 1.807) is 36.4 Å². The van der Waals surface area contributed by atoms with Gasteiger partial charge in [-0.15, -0.1) is 0 Å². The van der Waals surface area contributed by atoms with Crippen molar-refractivity contribution in [3.8, 4) is 17.6 Å². The second-order valence-electron chi connectivity index (χ2n) is 7.90. The highest BCUT2D eigenvalue weighted by atomic mass is 127. The number of hydrogen-bond acceptors (Lipinski definition) is 5. The van der Waals surface area contributed by atoms with Crippen molar-refractivity contribution in [2.75, 3.05) is 12.1 Å². The second kappa shape index (κ2) is 10.8. The summed E-state index contributed by atoms with van der Waals surface area (Å²) in [5.41, 5.74) is -0.142. The smallest absolute Gasteiger partial charge is 0.280 e. The van der Waals surface area contributed by atoms with E-state index in [0.29, 0.717) is 20.4 Å². The lowest BCUT2D eigenvalue weighted by Gasteiger charge is -2.16. The van der Waals surface area contributed by atoms with Crippen LogP contribution in [0.15, 0.2) is 47.1 Å².